The summed E-state index contributed by atoms with van der Waals surface area (Å²) in [5.74, 6) is 1.48. The van der Waals surface area contributed by atoms with E-state index in [9.17, 15) is 0 Å². The summed E-state index contributed by atoms with van der Waals surface area (Å²) in [6.45, 7) is 7.39. The minimum atomic E-state index is 0.656. The number of nitrogens with one attached hydrogen (secondary N) is 1. The Morgan fingerprint density at radius 3 is 2.44 bits per heavy atom. The zero-order chi connectivity index (χ0) is 13.2. The Bertz CT molecular complexity index is 227. The van der Waals surface area contributed by atoms with Crippen molar-refractivity contribution in [3.8, 4) is 0 Å². The number of ether oxygens (including phenoxy) is 1. The molecule has 0 bridgehead atoms. The zero-order valence-electron chi connectivity index (χ0n) is 12.5. The van der Waals surface area contributed by atoms with Gasteiger partial charge in [0.25, 0.3) is 0 Å². The van der Waals surface area contributed by atoms with E-state index < -0.39 is 0 Å². The lowest BCUT2D eigenvalue weighted by molar-refractivity contribution is 0.200. The normalized spacial score (nSPS) is 19.2. The van der Waals surface area contributed by atoms with E-state index in [1.54, 1.807) is 12.7 Å². The lowest BCUT2D eigenvalue weighted by Gasteiger charge is -2.17. The fraction of sp³-hybridized carbons (Fsp3) is 0.875. The second kappa shape index (κ2) is 9.57. The Morgan fingerprint density at radius 2 is 1.89 bits per heavy atom. The Kier molecular flexibility index (Phi) is 8.36. The van der Waals surface area contributed by atoms with Crippen LogP contribution in [0.5, 0.6) is 0 Å². The molecule has 0 aromatic rings. The molecule has 0 heterocycles. The molecule has 106 valence electrons. The molecular formula is C16H31NO. The van der Waals surface area contributed by atoms with Gasteiger partial charge in [-0.3, -0.25) is 0 Å². The third-order valence-electron chi connectivity index (χ3n) is 3.90. The highest BCUT2D eigenvalue weighted by atomic mass is 16.5. The molecule has 0 spiro atoms. The average Bonchev–Trinajstić information content (AvgIpc) is 2.61. The summed E-state index contributed by atoms with van der Waals surface area (Å²) in [5, 5.41) is 3.48. The van der Waals surface area contributed by atoms with Gasteiger partial charge in [0.05, 0.1) is 6.61 Å². The summed E-state index contributed by atoms with van der Waals surface area (Å²) in [7, 11) is 1.76. The fourth-order valence-corrected chi connectivity index (χ4v) is 2.64. The van der Waals surface area contributed by atoms with Crippen molar-refractivity contribution >= 4 is 0 Å². The Morgan fingerprint density at radius 1 is 1.22 bits per heavy atom. The summed E-state index contributed by atoms with van der Waals surface area (Å²) in [5.41, 5.74) is 1.58. The molecular weight excluding hydrogens is 222 g/mol. The molecule has 1 fully saturated rings. The van der Waals surface area contributed by atoms with Gasteiger partial charge in [0, 0.05) is 20.2 Å². The number of hydrogen-bond acceptors (Lipinski definition) is 2. The first-order valence-electron chi connectivity index (χ1n) is 7.64. The number of allylic oxidation sites excluding steroid dienone is 1. The third kappa shape index (κ3) is 6.55. The molecule has 1 saturated carbocycles. The minimum absolute atomic E-state index is 0.656. The smallest absolute Gasteiger partial charge is 0.0587 e. The van der Waals surface area contributed by atoms with E-state index in [2.05, 4.69) is 25.2 Å². The van der Waals surface area contributed by atoms with Crippen LogP contribution in [0, 0.1) is 11.8 Å². The van der Waals surface area contributed by atoms with E-state index in [1.807, 2.05) is 0 Å². The summed E-state index contributed by atoms with van der Waals surface area (Å²) in [6, 6.07) is 0. The predicted octanol–water partition coefficient (Wildman–Crippen LogP) is 3.78. The second-order valence-corrected chi connectivity index (χ2v) is 5.82. The topological polar surface area (TPSA) is 21.3 Å². The Labute approximate surface area is 113 Å². The van der Waals surface area contributed by atoms with Gasteiger partial charge >= 0.3 is 0 Å². The predicted molar refractivity (Wildman–Crippen MR) is 78.9 cm³/mol. The van der Waals surface area contributed by atoms with Crippen LogP contribution in [-0.4, -0.2) is 26.8 Å². The monoisotopic (exact) mass is 253 g/mol. The van der Waals surface area contributed by atoms with E-state index in [4.69, 9.17) is 4.74 Å². The van der Waals surface area contributed by atoms with Gasteiger partial charge in [0.2, 0.25) is 0 Å². The highest BCUT2D eigenvalue weighted by Crippen LogP contribution is 2.26. The maximum absolute atomic E-state index is 5.07. The molecule has 1 rings (SSSR count). The van der Waals surface area contributed by atoms with Crippen molar-refractivity contribution in [1.29, 1.82) is 0 Å². The van der Waals surface area contributed by atoms with Crippen LogP contribution in [0.1, 0.15) is 52.4 Å². The van der Waals surface area contributed by atoms with Crippen LogP contribution in [0.4, 0.5) is 0 Å². The molecule has 0 aromatic carbocycles. The second-order valence-electron chi connectivity index (χ2n) is 5.82. The van der Waals surface area contributed by atoms with Gasteiger partial charge in [0.15, 0.2) is 0 Å². The van der Waals surface area contributed by atoms with Crippen LogP contribution in [0.25, 0.3) is 0 Å². The molecule has 0 aromatic heterocycles. The number of hydrogen-bond donors (Lipinski definition) is 1. The molecule has 18 heavy (non-hydrogen) atoms. The van der Waals surface area contributed by atoms with Crippen molar-refractivity contribution in [2.75, 3.05) is 26.8 Å². The van der Waals surface area contributed by atoms with Crippen LogP contribution >= 0.6 is 0 Å². The first-order chi connectivity index (χ1) is 8.74. The fourth-order valence-electron chi connectivity index (χ4n) is 2.64. The first-order valence-corrected chi connectivity index (χ1v) is 7.64. The first kappa shape index (κ1) is 15.7. The van der Waals surface area contributed by atoms with E-state index in [-0.39, 0.29) is 0 Å². The average molecular weight is 253 g/mol. The van der Waals surface area contributed by atoms with Crippen LogP contribution in [0.2, 0.25) is 0 Å². The number of methoxy groups -OCH3 is 1. The summed E-state index contributed by atoms with van der Waals surface area (Å²) in [6.07, 6.45) is 11.1. The summed E-state index contributed by atoms with van der Waals surface area (Å²) < 4.78 is 5.07. The summed E-state index contributed by atoms with van der Waals surface area (Å²) >= 11 is 0. The van der Waals surface area contributed by atoms with Crippen molar-refractivity contribution in [2.24, 2.45) is 11.8 Å². The van der Waals surface area contributed by atoms with Gasteiger partial charge in [-0.15, -0.1) is 0 Å². The van der Waals surface area contributed by atoms with Crippen molar-refractivity contribution in [2.45, 2.75) is 52.4 Å². The Hall–Kier alpha value is -0.340. The standard InChI is InChI=1S/C16H31NO/c1-14(2)16(13-17-10-11-18-3)12-15-8-6-4-5-7-9-15/h12,14-15,17H,4-11,13H2,1-3H3. The SMILES string of the molecule is COCCNCC(=CC1CCCCCC1)C(C)C. The molecule has 1 aliphatic rings. The molecule has 0 amide bonds. The summed E-state index contributed by atoms with van der Waals surface area (Å²) in [4.78, 5) is 0. The zero-order valence-corrected chi connectivity index (χ0v) is 12.5. The van der Waals surface area contributed by atoms with E-state index in [1.165, 1.54) is 38.5 Å². The van der Waals surface area contributed by atoms with Gasteiger partial charge in [-0.25, -0.2) is 0 Å². The molecule has 1 aliphatic carbocycles. The molecule has 1 N–H and O–H groups in total. The van der Waals surface area contributed by atoms with Gasteiger partial charge in [0.1, 0.15) is 0 Å². The van der Waals surface area contributed by atoms with E-state index in [0.717, 1.165) is 25.6 Å². The van der Waals surface area contributed by atoms with Crippen molar-refractivity contribution in [3.05, 3.63) is 11.6 Å². The van der Waals surface area contributed by atoms with Gasteiger partial charge < -0.3 is 10.1 Å². The molecule has 0 unspecified atom stereocenters. The van der Waals surface area contributed by atoms with Gasteiger partial charge in [-0.1, -0.05) is 51.2 Å². The molecule has 0 atom stereocenters. The highest BCUT2D eigenvalue weighted by molar-refractivity contribution is 5.09. The highest BCUT2D eigenvalue weighted by Gasteiger charge is 2.12. The lowest BCUT2D eigenvalue weighted by Crippen LogP contribution is -2.23. The molecule has 0 aliphatic heterocycles. The van der Waals surface area contributed by atoms with E-state index >= 15 is 0 Å². The van der Waals surface area contributed by atoms with Crippen molar-refractivity contribution in [1.82, 2.24) is 5.32 Å². The largest absolute Gasteiger partial charge is 0.383 e. The maximum atomic E-state index is 5.07. The molecule has 2 nitrogen and oxygen atoms in total. The minimum Gasteiger partial charge on any atom is -0.383 e. The Balaban J connectivity index is 2.42. The van der Waals surface area contributed by atoms with Crippen LogP contribution < -0.4 is 5.32 Å². The molecule has 0 saturated heterocycles. The third-order valence-corrected chi connectivity index (χ3v) is 3.90. The lowest BCUT2D eigenvalue weighted by atomic mass is 9.93. The van der Waals surface area contributed by atoms with Crippen molar-refractivity contribution in [3.63, 3.8) is 0 Å². The van der Waals surface area contributed by atoms with Gasteiger partial charge in [-0.05, 0) is 24.7 Å². The number of rotatable bonds is 7. The van der Waals surface area contributed by atoms with Crippen LogP contribution in [0.3, 0.4) is 0 Å². The van der Waals surface area contributed by atoms with Crippen LogP contribution in [0.15, 0.2) is 11.6 Å². The van der Waals surface area contributed by atoms with Crippen molar-refractivity contribution < 1.29 is 4.74 Å². The quantitative estimate of drug-likeness (QED) is 0.423. The molecule has 0 radical (unpaired) electrons. The van der Waals surface area contributed by atoms with Crippen LogP contribution in [-0.2, 0) is 4.74 Å². The molecule has 2 heteroatoms. The van der Waals surface area contributed by atoms with Gasteiger partial charge in [-0.2, -0.15) is 0 Å². The van der Waals surface area contributed by atoms with E-state index in [0.29, 0.717) is 5.92 Å². The maximum Gasteiger partial charge on any atom is 0.0587 e.